The van der Waals surface area contributed by atoms with Crippen LogP contribution in [-0.4, -0.2) is 19.6 Å². The van der Waals surface area contributed by atoms with E-state index in [1.54, 1.807) is 0 Å². The second-order valence-corrected chi connectivity index (χ2v) is 6.74. The van der Waals surface area contributed by atoms with Gasteiger partial charge in [0.05, 0.1) is 10.7 Å². The van der Waals surface area contributed by atoms with Crippen molar-refractivity contribution in [3.05, 3.63) is 65.1 Å². The Morgan fingerprint density at radius 1 is 1.08 bits per heavy atom. The number of hydrogen-bond acceptors (Lipinski definition) is 5. The van der Waals surface area contributed by atoms with E-state index < -0.39 is 0 Å². The van der Waals surface area contributed by atoms with Crippen LogP contribution in [0.1, 0.15) is 11.3 Å². The van der Waals surface area contributed by atoms with Crippen LogP contribution in [0.5, 0.6) is 0 Å². The molecule has 7 heteroatoms. The van der Waals surface area contributed by atoms with Gasteiger partial charge in [0, 0.05) is 23.7 Å². The molecule has 0 saturated carbocycles. The SMILES string of the molecule is Cc1ccc(-c2nnc(SCc3cn4cc(Cl)ccc4n3)o2)cc1. The predicted molar refractivity (Wildman–Crippen MR) is 94.2 cm³/mol. The van der Waals surface area contributed by atoms with Crippen LogP contribution in [0.4, 0.5) is 0 Å². The molecule has 0 N–H and O–H groups in total. The highest BCUT2D eigenvalue weighted by molar-refractivity contribution is 7.98. The molecule has 0 atom stereocenters. The van der Waals surface area contributed by atoms with Crippen molar-refractivity contribution in [1.29, 1.82) is 0 Å². The molecule has 4 aromatic rings. The second-order valence-electron chi connectivity index (χ2n) is 5.37. The molecule has 0 amide bonds. The molecule has 0 spiro atoms. The lowest BCUT2D eigenvalue weighted by molar-refractivity contribution is 0.466. The van der Waals surface area contributed by atoms with Crippen LogP contribution in [-0.2, 0) is 5.75 Å². The molecule has 0 saturated heterocycles. The van der Waals surface area contributed by atoms with Crippen LogP contribution < -0.4 is 0 Å². The van der Waals surface area contributed by atoms with Gasteiger partial charge in [-0.25, -0.2) is 4.98 Å². The molecule has 0 bridgehead atoms. The summed E-state index contributed by atoms with van der Waals surface area (Å²) in [4.78, 5) is 4.54. The first-order valence-corrected chi connectivity index (χ1v) is 8.70. The second kappa shape index (κ2) is 6.30. The Morgan fingerprint density at radius 3 is 2.75 bits per heavy atom. The number of fused-ring (bicyclic) bond motifs is 1. The molecule has 0 aliphatic rings. The van der Waals surface area contributed by atoms with Crippen molar-refractivity contribution in [3.8, 4) is 11.5 Å². The molecule has 0 radical (unpaired) electrons. The fourth-order valence-corrected chi connectivity index (χ4v) is 3.12. The first-order chi connectivity index (χ1) is 11.7. The average molecular weight is 357 g/mol. The zero-order valence-electron chi connectivity index (χ0n) is 12.8. The molecule has 1 aromatic carbocycles. The summed E-state index contributed by atoms with van der Waals surface area (Å²) < 4.78 is 7.62. The maximum atomic E-state index is 5.98. The third-order valence-corrected chi connectivity index (χ3v) is 4.59. The van der Waals surface area contributed by atoms with Crippen molar-refractivity contribution < 1.29 is 4.42 Å². The van der Waals surface area contributed by atoms with Gasteiger partial charge in [-0.15, -0.1) is 10.2 Å². The third-order valence-electron chi connectivity index (χ3n) is 3.51. The topological polar surface area (TPSA) is 56.2 Å². The normalized spacial score (nSPS) is 11.2. The summed E-state index contributed by atoms with van der Waals surface area (Å²) in [7, 11) is 0. The first kappa shape index (κ1) is 15.2. The van der Waals surface area contributed by atoms with E-state index in [2.05, 4.69) is 15.2 Å². The van der Waals surface area contributed by atoms with Gasteiger partial charge in [-0.3, -0.25) is 0 Å². The number of pyridine rings is 1. The number of benzene rings is 1. The highest BCUT2D eigenvalue weighted by Crippen LogP contribution is 2.26. The van der Waals surface area contributed by atoms with Crippen molar-refractivity contribution in [1.82, 2.24) is 19.6 Å². The van der Waals surface area contributed by atoms with Crippen LogP contribution in [0.2, 0.25) is 5.02 Å². The van der Waals surface area contributed by atoms with E-state index in [1.807, 2.05) is 60.1 Å². The van der Waals surface area contributed by atoms with Gasteiger partial charge in [-0.1, -0.05) is 41.1 Å². The van der Waals surface area contributed by atoms with E-state index in [0.717, 1.165) is 16.9 Å². The summed E-state index contributed by atoms with van der Waals surface area (Å²) in [6.45, 7) is 2.04. The zero-order chi connectivity index (χ0) is 16.5. The highest BCUT2D eigenvalue weighted by atomic mass is 35.5. The lowest BCUT2D eigenvalue weighted by atomic mass is 10.1. The number of aryl methyl sites for hydroxylation is 1. The average Bonchev–Trinajstić information content (AvgIpc) is 3.19. The predicted octanol–water partition coefficient (Wildman–Crippen LogP) is 4.64. The lowest BCUT2D eigenvalue weighted by Crippen LogP contribution is -1.79. The largest absolute Gasteiger partial charge is 0.411 e. The van der Waals surface area contributed by atoms with Crippen molar-refractivity contribution >= 4 is 29.0 Å². The Balaban J connectivity index is 1.48. The fourth-order valence-electron chi connectivity index (χ4n) is 2.30. The van der Waals surface area contributed by atoms with E-state index in [1.165, 1.54) is 17.3 Å². The maximum Gasteiger partial charge on any atom is 0.277 e. The third kappa shape index (κ3) is 3.16. The van der Waals surface area contributed by atoms with E-state index in [0.29, 0.717) is 21.9 Å². The molecular formula is C17H13ClN4OS. The molecule has 120 valence electrons. The number of halogens is 1. The summed E-state index contributed by atoms with van der Waals surface area (Å²) in [5, 5.41) is 9.40. The Morgan fingerprint density at radius 2 is 1.92 bits per heavy atom. The Kier molecular flexibility index (Phi) is 4.00. The van der Waals surface area contributed by atoms with Crippen LogP contribution in [0.15, 0.2) is 58.4 Å². The van der Waals surface area contributed by atoms with Gasteiger partial charge in [-0.2, -0.15) is 0 Å². The minimum Gasteiger partial charge on any atom is -0.411 e. The van der Waals surface area contributed by atoms with Crippen LogP contribution in [0.3, 0.4) is 0 Å². The van der Waals surface area contributed by atoms with Crippen LogP contribution >= 0.6 is 23.4 Å². The Labute approximate surface area is 147 Å². The van der Waals surface area contributed by atoms with E-state index >= 15 is 0 Å². The summed E-state index contributed by atoms with van der Waals surface area (Å²) in [6, 6.07) is 11.7. The van der Waals surface area contributed by atoms with Gasteiger partial charge < -0.3 is 8.82 Å². The maximum absolute atomic E-state index is 5.98. The highest BCUT2D eigenvalue weighted by Gasteiger charge is 2.10. The number of rotatable bonds is 4. The smallest absolute Gasteiger partial charge is 0.277 e. The lowest BCUT2D eigenvalue weighted by Gasteiger charge is -1.95. The summed E-state index contributed by atoms with van der Waals surface area (Å²) in [5.41, 5.74) is 3.90. The van der Waals surface area contributed by atoms with Gasteiger partial charge in [0.2, 0.25) is 5.89 Å². The van der Waals surface area contributed by atoms with Gasteiger partial charge >= 0.3 is 0 Å². The molecule has 0 aliphatic heterocycles. The van der Waals surface area contributed by atoms with Crippen LogP contribution in [0.25, 0.3) is 17.1 Å². The fraction of sp³-hybridized carbons (Fsp3) is 0.118. The van der Waals surface area contributed by atoms with Crippen molar-refractivity contribution in [2.75, 3.05) is 0 Å². The van der Waals surface area contributed by atoms with Gasteiger partial charge in [-0.05, 0) is 31.2 Å². The van der Waals surface area contributed by atoms with Gasteiger partial charge in [0.1, 0.15) is 5.65 Å². The molecule has 4 rings (SSSR count). The summed E-state index contributed by atoms with van der Waals surface area (Å²) >= 11 is 7.45. The van der Waals surface area contributed by atoms with Gasteiger partial charge in [0.25, 0.3) is 5.22 Å². The molecule has 3 heterocycles. The monoisotopic (exact) mass is 356 g/mol. The minimum absolute atomic E-state index is 0.527. The van der Waals surface area contributed by atoms with Crippen molar-refractivity contribution in [2.24, 2.45) is 0 Å². The Bertz CT molecular complexity index is 993. The van der Waals surface area contributed by atoms with E-state index in [9.17, 15) is 0 Å². The standard InChI is InChI=1S/C17H13ClN4OS/c1-11-2-4-12(5-3-11)16-20-21-17(23-16)24-10-14-9-22-8-13(18)6-7-15(22)19-14/h2-9H,10H2,1H3. The number of imidazole rings is 1. The number of hydrogen-bond donors (Lipinski definition) is 0. The molecule has 0 fully saturated rings. The van der Waals surface area contributed by atoms with E-state index in [-0.39, 0.29) is 0 Å². The first-order valence-electron chi connectivity index (χ1n) is 7.34. The quantitative estimate of drug-likeness (QED) is 0.498. The molecule has 0 aliphatic carbocycles. The number of nitrogens with zero attached hydrogens (tertiary/aromatic N) is 4. The molecular weight excluding hydrogens is 344 g/mol. The number of thioether (sulfide) groups is 1. The molecule has 0 unspecified atom stereocenters. The molecule has 3 aromatic heterocycles. The van der Waals surface area contributed by atoms with Crippen molar-refractivity contribution in [2.45, 2.75) is 17.9 Å². The van der Waals surface area contributed by atoms with Crippen molar-refractivity contribution in [3.63, 3.8) is 0 Å². The Hall–Kier alpha value is -2.31. The number of aromatic nitrogens is 4. The minimum atomic E-state index is 0.527. The molecule has 5 nitrogen and oxygen atoms in total. The molecule has 24 heavy (non-hydrogen) atoms. The van der Waals surface area contributed by atoms with E-state index in [4.69, 9.17) is 16.0 Å². The summed E-state index contributed by atoms with van der Waals surface area (Å²) in [6.07, 6.45) is 3.78. The summed E-state index contributed by atoms with van der Waals surface area (Å²) in [5.74, 6) is 1.17. The zero-order valence-corrected chi connectivity index (χ0v) is 14.4. The van der Waals surface area contributed by atoms with Crippen LogP contribution in [0, 0.1) is 6.92 Å². The van der Waals surface area contributed by atoms with Gasteiger partial charge in [0.15, 0.2) is 0 Å².